The van der Waals surface area contributed by atoms with Crippen molar-refractivity contribution in [2.45, 2.75) is 38.5 Å². The maximum absolute atomic E-state index is 11.3. The van der Waals surface area contributed by atoms with Crippen LogP contribution in [0, 0.1) is 0 Å². The van der Waals surface area contributed by atoms with E-state index in [1.165, 1.54) is 5.56 Å². The summed E-state index contributed by atoms with van der Waals surface area (Å²) < 4.78 is 24.6. The van der Waals surface area contributed by atoms with E-state index >= 15 is 0 Å². The van der Waals surface area contributed by atoms with E-state index in [9.17, 15) is 8.42 Å². The predicted octanol–water partition coefficient (Wildman–Crippen LogP) is 5.55. The summed E-state index contributed by atoms with van der Waals surface area (Å²) in [6.07, 6.45) is 1.67. The fraction of sp³-hybridized carbons (Fsp3) is 0.233. The van der Waals surface area contributed by atoms with Gasteiger partial charge in [0.1, 0.15) is 5.82 Å². The van der Waals surface area contributed by atoms with Gasteiger partial charge in [-0.05, 0) is 64.6 Å². The highest BCUT2D eigenvalue weighted by Gasteiger charge is 2.14. The third-order valence-electron chi connectivity index (χ3n) is 6.66. The Morgan fingerprint density at radius 3 is 2.20 bits per heavy atom. The molecule has 5 N–H and O–H groups in total. The van der Waals surface area contributed by atoms with Gasteiger partial charge in [0, 0.05) is 31.2 Å². The van der Waals surface area contributed by atoms with Gasteiger partial charge in [-0.1, -0.05) is 51.1 Å². The zero-order valence-corrected chi connectivity index (χ0v) is 24.3. The monoisotopic (exact) mass is 570 g/mol. The van der Waals surface area contributed by atoms with Crippen LogP contribution >= 0.6 is 0 Å². The van der Waals surface area contributed by atoms with Gasteiger partial charge in [0.15, 0.2) is 0 Å². The van der Waals surface area contributed by atoms with E-state index in [2.05, 4.69) is 89.2 Å². The molecule has 0 radical (unpaired) electrons. The summed E-state index contributed by atoms with van der Waals surface area (Å²) in [7, 11) is -1.58. The minimum Gasteiger partial charge on any atom is -0.366 e. The highest BCUT2D eigenvalue weighted by Crippen LogP contribution is 2.26. The molecule has 0 unspecified atom stereocenters. The van der Waals surface area contributed by atoms with Crippen LogP contribution in [-0.4, -0.2) is 27.9 Å². The van der Waals surface area contributed by atoms with Crippen LogP contribution in [0.5, 0.6) is 0 Å². The molecule has 41 heavy (non-hydrogen) atoms. The number of imidazole rings is 1. The molecule has 212 valence electrons. The van der Waals surface area contributed by atoms with Crippen molar-refractivity contribution in [3.05, 3.63) is 95.7 Å². The number of aromatic nitrogens is 4. The van der Waals surface area contributed by atoms with E-state index < -0.39 is 10.0 Å². The highest BCUT2D eigenvalue weighted by molar-refractivity contribution is 7.88. The van der Waals surface area contributed by atoms with Crippen molar-refractivity contribution < 1.29 is 8.42 Å². The summed E-state index contributed by atoms with van der Waals surface area (Å²) in [6, 6.07) is 23.4. The van der Waals surface area contributed by atoms with E-state index in [-0.39, 0.29) is 11.2 Å². The Balaban J connectivity index is 1.23. The fourth-order valence-electron chi connectivity index (χ4n) is 4.41. The van der Waals surface area contributed by atoms with Gasteiger partial charge in [0.05, 0.1) is 16.8 Å². The maximum Gasteiger partial charge on any atom is 0.229 e. The Hall–Kier alpha value is -4.48. The van der Waals surface area contributed by atoms with Gasteiger partial charge in [-0.3, -0.25) is 0 Å². The molecule has 0 aliphatic heterocycles. The molecule has 5 aromatic rings. The largest absolute Gasteiger partial charge is 0.366 e. The first-order valence-corrected chi connectivity index (χ1v) is 14.9. The number of hydrogen-bond donors (Lipinski definition) is 4. The molecule has 2 heterocycles. The first kappa shape index (κ1) is 28.1. The molecule has 0 aliphatic rings. The number of fused-ring (bicyclic) bond motifs is 1. The maximum atomic E-state index is 11.3. The van der Waals surface area contributed by atoms with Crippen LogP contribution in [0.4, 0.5) is 29.1 Å². The number of aryl methyl sites for hydroxylation is 1. The van der Waals surface area contributed by atoms with Crippen LogP contribution in [-0.2, 0) is 34.8 Å². The molecular weight excluding hydrogens is 536 g/mol. The molecule has 2 aromatic heterocycles. The van der Waals surface area contributed by atoms with E-state index in [1.807, 2.05) is 11.6 Å². The number of benzene rings is 3. The predicted molar refractivity (Wildman–Crippen MR) is 165 cm³/mol. The van der Waals surface area contributed by atoms with Crippen LogP contribution in [0.3, 0.4) is 0 Å². The Morgan fingerprint density at radius 2 is 1.51 bits per heavy atom. The van der Waals surface area contributed by atoms with Crippen LogP contribution < -0.4 is 21.1 Å². The number of nitrogens with two attached hydrogens (primary N) is 1. The second-order valence-electron chi connectivity index (χ2n) is 11.0. The summed E-state index contributed by atoms with van der Waals surface area (Å²) in [4.78, 5) is 13.6. The Labute approximate surface area is 240 Å². The number of primary sulfonamides is 1. The average molecular weight is 571 g/mol. The summed E-state index contributed by atoms with van der Waals surface area (Å²) in [5.41, 5.74) is 6.72. The first-order valence-electron chi connectivity index (χ1n) is 13.2. The number of nitrogens with zero attached hydrogens (tertiary/aromatic N) is 4. The summed E-state index contributed by atoms with van der Waals surface area (Å²) in [5.74, 6) is 1.64. The number of hydrogen-bond acceptors (Lipinski definition) is 8. The minimum atomic E-state index is -3.58. The lowest BCUT2D eigenvalue weighted by Gasteiger charge is -2.19. The Bertz CT molecular complexity index is 1770. The zero-order chi connectivity index (χ0) is 29.2. The van der Waals surface area contributed by atoms with Crippen molar-refractivity contribution >= 4 is 50.1 Å². The quantitative estimate of drug-likeness (QED) is 0.181. The molecule has 11 heteroatoms. The highest BCUT2D eigenvalue weighted by atomic mass is 32.2. The zero-order valence-electron chi connectivity index (χ0n) is 23.5. The lowest BCUT2D eigenvalue weighted by molar-refractivity contribution is 0.590. The van der Waals surface area contributed by atoms with Gasteiger partial charge < -0.3 is 20.5 Å². The first-order chi connectivity index (χ1) is 19.4. The molecule has 10 nitrogen and oxygen atoms in total. The van der Waals surface area contributed by atoms with Gasteiger partial charge in [-0.15, -0.1) is 0 Å². The Morgan fingerprint density at radius 1 is 0.854 bits per heavy atom. The van der Waals surface area contributed by atoms with E-state index in [0.717, 1.165) is 33.9 Å². The third kappa shape index (κ3) is 7.19. The molecule has 0 bridgehead atoms. The lowest BCUT2D eigenvalue weighted by atomic mass is 9.87. The molecule has 0 saturated carbocycles. The SMILES string of the molecule is Cn1c(Nc2ccc(C(C)(C)C)cc2)nc2cc(CNc3ccnc(Nc4ccc(CS(N)(=O)=O)cc4)n3)ccc21. The van der Waals surface area contributed by atoms with Crippen molar-refractivity contribution in [3.8, 4) is 0 Å². The molecule has 0 saturated heterocycles. The number of sulfonamides is 1. The van der Waals surface area contributed by atoms with Crippen molar-refractivity contribution in [2.75, 3.05) is 16.0 Å². The Kier molecular flexibility index (Phi) is 7.65. The molecule has 0 aliphatic carbocycles. The van der Waals surface area contributed by atoms with Crippen LogP contribution in [0.2, 0.25) is 0 Å². The van der Waals surface area contributed by atoms with E-state index in [4.69, 9.17) is 10.1 Å². The molecule has 0 fully saturated rings. The van der Waals surface area contributed by atoms with Crippen LogP contribution in [0.15, 0.2) is 79.0 Å². The lowest BCUT2D eigenvalue weighted by Crippen LogP contribution is -2.14. The topological polar surface area (TPSA) is 140 Å². The second-order valence-corrected chi connectivity index (χ2v) is 12.6. The summed E-state index contributed by atoms with van der Waals surface area (Å²) >= 11 is 0. The van der Waals surface area contributed by atoms with Crippen molar-refractivity contribution in [1.82, 2.24) is 19.5 Å². The molecule has 0 spiro atoms. The van der Waals surface area contributed by atoms with Crippen molar-refractivity contribution in [3.63, 3.8) is 0 Å². The minimum absolute atomic E-state index is 0.108. The molecular formula is C30H34N8O2S. The van der Waals surface area contributed by atoms with E-state index in [0.29, 0.717) is 23.9 Å². The average Bonchev–Trinajstić information content (AvgIpc) is 3.22. The van der Waals surface area contributed by atoms with E-state index in [1.54, 1.807) is 36.5 Å². The molecule has 3 aromatic carbocycles. The second kappa shape index (κ2) is 11.2. The summed E-state index contributed by atoms with van der Waals surface area (Å²) in [5, 5.41) is 15.0. The number of anilines is 5. The van der Waals surface area contributed by atoms with Gasteiger partial charge in [0.2, 0.25) is 21.9 Å². The van der Waals surface area contributed by atoms with Crippen molar-refractivity contribution in [1.29, 1.82) is 0 Å². The third-order valence-corrected chi connectivity index (χ3v) is 7.40. The van der Waals surface area contributed by atoms with Crippen LogP contribution in [0.1, 0.15) is 37.5 Å². The number of nitrogens with one attached hydrogen (secondary N) is 3. The van der Waals surface area contributed by atoms with Gasteiger partial charge in [-0.2, -0.15) is 4.98 Å². The molecule has 5 rings (SSSR count). The number of rotatable bonds is 9. The van der Waals surface area contributed by atoms with Crippen molar-refractivity contribution in [2.24, 2.45) is 12.2 Å². The summed E-state index contributed by atoms with van der Waals surface area (Å²) in [6.45, 7) is 7.17. The van der Waals surface area contributed by atoms with Gasteiger partial charge >= 0.3 is 0 Å². The van der Waals surface area contributed by atoms with Crippen LogP contribution in [0.25, 0.3) is 11.0 Å². The smallest absolute Gasteiger partial charge is 0.229 e. The fourth-order valence-corrected chi connectivity index (χ4v) is 5.06. The van der Waals surface area contributed by atoms with Gasteiger partial charge in [0.25, 0.3) is 0 Å². The standard InChI is InChI=1S/C30H34N8O2S/c1-30(2,3)22-8-12-24(13-9-22)35-29-36-25-17-21(7-14-26(25)38(29)4)18-33-27-15-16-32-28(37-27)34-23-10-5-20(6-11-23)19-41(31,39)40/h5-17H,18-19H2,1-4H3,(H,35,36)(H2,31,39,40)(H2,32,33,34,37). The molecule has 0 atom stereocenters. The molecule has 0 amide bonds. The van der Waals surface area contributed by atoms with Gasteiger partial charge in [-0.25, -0.2) is 23.5 Å². The normalized spacial score (nSPS) is 11.9.